The predicted octanol–water partition coefficient (Wildman–Crippen LogP) is 4.18. The van der Waals surface area contributed by atoms with E-state index in [2.05, 4.69) is 75.9 Å². The summed E-state index contributed by atoms with van der Waals surface area (Å²) in [6, 6.07) is 16.8. The number of hydrogen-bond acceptors (Lipinski definition) is 3. The number of benzene rings is 2. The van der Waals surface area contributed by atoms with E-state index in [0.717, 1.165) is 54.5 Å². The van der Waals surface area contributed by atoms with Gasteiger partial charge in [0, 0.05) is 26.3 Å². The number of fused-ring (bicyclic) bond motifs is 4. The van der Waals surface area contributed by atoms with Crippen LogP contribution >= 0.6 is 0 Å². The topological polar surface area (TPSA) is 43.3 Å². The van der Waals surface area contributed by atoms with Gasteiger partial charge in [0.05, 0.1) is 22.1 Å². The number of likely N-dealkylation sites (N-methyl/N-ethyl adjacent to an activating group) is 1. The van der Waals surface area contributed by atoms with Crippen LogP contribution in [0.3, 0.4) is 0 Å². The Hall–Kier alpha value is -3.12. The molecule has 0 unspecified atom stereocenters. The summed E-state index contributed by atoms with van der Waals surface area (Å²) in [5.74, 6) is 1.87. The van der Waals surface area contributed by atoms with Crippen molar-refractivity contribution in [2.75, 3.05) is 19.6 Å². The van der Waals surface area contributed by atoms with Gasteiger partial charge in [-0.2, -0.15) is 0 Å². The zero-order chi connectivity index (χ0) is 20.0. The van der Waals surface area contributed by atoms with Crippen molar-refractivity contribution in [3.8, 4) is 11.5 Å². The monoisotopic (exact) mass is 386 g/mol. The Bertz CT molecular complexity index is 1300. The fourth-order valence-corrected chi connectivity index (χ4v) is 4.23. The van der Waals surface area contributed by atoms with E-state index in [-0.39, 0.29) is 0 Å². The summed E-state index contributed by atoms with van der Waals surface area (Å²) in [5.41, 5.74) is 5.42. The molecule has 0 spiro atoms. The van der Waals surface area contributed by atoms with E-state index in [1.54, 1.807) is 0 Å². The molecule has 0 radical (unpaired) electrons. The number of aryl methyl sites for hydroxylation is 1. The summed E-state index contributed by atoms with van der Waals surface area (Å²) in [7, 11) is 2.06. The van der Waals surface area contributed by atoms with Crippen molar-refractivity contribution >= 4 is 27.8 Å². The number of para-hydroxylation sites is 4. The average Bonchev–Trinajstić information content (AvgIpc) is 3.40. The van der Waals surface area contributed by atoms with Gasteiger partial charge in [-0.25, -0.2) is 9.97 Å². The first kappa shape index (κ1) is 17.9. The van der Waals surface area contributed by atoms with Crippen molar-refractivity contribution in [3.05, 3.63) is 54.7 Å². The van der Waals surface area contributed by atoms with Gasteiger partial charge in [-0.1, -0.05) is 38.1 Å². The molecule has 29 heavy (non-hydrogen) atoms. The van der Waals surface area contributed by atoms with Gasteiger partial charge in [0.25, 0.3) is 0 Å². The average molecular weight is 387 g/mol. The molecule has 0 atom stereocenters. The van der Waals surface area contributed by atoms with Crippen molar-refractivity contribution in [3.63, 3.8) is 0 Å². The minimum atomic E-state index is 0.897. The van der Waals surface area contributed by atoms with Gasteiger partial charge in [-0.05, 0) is 37.4 Å². The summed E-state index contributed by atoms with van der Waals surface area (Å²) in [5, 5.41) is 0. The number of imidazole rings is 3. The third-order valence-corrected chi connectivity index (χ3v) is 5.91. The third kappa shape index (κ3) is 2.83. The van der Waals surface area contributed by atoms with Crippen LogP contribution in [0.2, 0.25) is 0 Å². The zero-order valence-corrected chi connectivity index (χ0v) is 17.2. The molecule has 3 heterocycles. The van der Waals surface area contributed by atoms with Crippen LogP contribution in [-0.2, 0) is 13.6 Å². The molecule has 6 nitrogen and oxygen atoms in total. The smallest absolute Gasteiger partial charge is 0.215 e. The molecule has 0 N–H and O–H groups in total. The fraction of sp³-hybridized carbons (Fsp3) is 0.304. The van der Waals surface area contributed by atoms with E-state index in [1.807, 2.05) is 18.2 Å². The van der Waals surface area contributed by atoms with E-state index < -0.39 is 0 Å². The first-order chi connectivity index (χ1) is 14.2. The number of hydrogen-bond donors (Lipinski definition) is 0. The predicted molar refractivity (Wildman–Crippen MR) is 118 cm³/mol. The lowest BCUT2D eigenvalue weighted by Crippen LogP contribution is -2.27. The van der Waals surface area contributed by atoms with E-state index in [4.69, 9.17) is 9.97 Å². The molecule has 6 heteroatoms. The summed E-state index contributed by atoms with van der Waals surface area (Å²) < 4.78 is 6.66. The lowest BCUT2D eigenvalue weighted by atomic mass is 10.3. The molecule has 0 saturated carbocycles. The Balaban J connectivity index is 1.66. The Morgan fingerprint density at radius 1 is 0.862 bits per heavy atom. The van der Waals surface area contributed by atoms with Crippen molar-refractivity contribution in [1.82, 2.24) is 28.4 Å². The molecule has 0 bridgehead atoms. The summed E-state index contributed by atoms with van der Waals surface area (Å²) in [6.45, 7) is 8.48. The lowest BCUT2D eigenvalue weighted by Gasteiger charge is -2.18. The van der Waals surface area contributed by atoms with Gasteiger partial charge in [0.15, 0.2) is 5.82 Å². The molecular weight excluding hydrogens is 360 g/mol. The largest absolute Gasteiger partial charge is 0.326 e. The van der Waals surface area contributed by atoms with Gasteiger partial charge < -0.3 is 14.0 Å². The molecular formula is C23H26N6. The van der Waals surface area contributed by atoms with Crippen molar-refractivity contribution in [1.29, 1.82) is 0 Å². The highest BCUT2D eigenvalue weighted by Crippen LogP contribution is 2.27. The highest BCUT2D eigenvalue weighted by Gasteiger charge is 2.18. The molecule has 3 aromatic heterocycles. The highest BCUT2D eigenvalue weighted by atomic mass is 15.2. The van der Waals surface area contributed by atoms with Crippen LogP contribution in [0.1, 0.15) is 13.8 Å². The Morgan fingerprint density at radius 2 is 1.55 bits per heavy atom. The summed E-state index contributed by atoms with van der Waals surface area (Å²) >= 11 is 0. The molecule has 0 fully saturated rings. The standard InChI is InChI=1S/C23H26N6/c1-4-27(5-2)14-15-28-20-12-8-9-13-21(20)29-16-18(25-23(28)29)22-24-17-10-6-7-11-19(17)26(22)3/h6-13,16H,4-5,14-15H2,1-3H3. The minimum absolute atomic E-state index is 0.897. The van der Waals surface area contributed by atoms with E-state index in [9.17, 15) is 0 Å². The number of rotatable bonds is 6. The quantitative estimate of drug-likeness (QED) is 0.440. The normalized spacial score (nSPS) is 12.1. The van der Waals surface area contributed by atoms with Gasteiger partial charge in [-0.15, -0.1) is 0 Å². The van der Waals surface area contributed by atoms with Crippen LogP contribution in [0.4, 0.5) is 0 Å². The second-order valence-corrected chi connectivity index (χ2v) is 7.45. The molecule has 5 aromatic rings. The SMILES string of the molecule is CCN(CC)CCn1c2ccccc2n2cc(-c3nc4ccccc4n3C)nc12. The van der Waals surface area contributed by atoms with Crippen LogP contribution in [0.15, 0.2) is 54.7 Å². The molecule has 5 rings (SSSR count). The second-order valence-electron chi connectivity index (χ2n) is 7.45. The van der Waals surface area contributed by atoms with E-state index >= 15 is 0 Å². The van der Waals surface area contributed by atoms with Crippen LogP contribution in [0.5, 0.6) is 0 Å². The molecule has 0 aliphatic carbocycles. The van der Waals surface area contributed by atoms with Crippen molar-refractivity contribution in [2.45, 2.75) is 20.4 Å². The van der Waals surface area contributed by atoms with E-state index in [1.165, 1.54) is 11.0 Å². The molecule has 148 valence electrons. The Morgan fingerprint density at radius 3 is 2.28 bits per heavy atom. The van der Waals surface area contributed by atoms with Gasteiger partial charge >= 0.3 is 0 Å². The maximum Gasteiger partial charge on any atom is 0.215 e. The second kappa shape index (κ2) is 7.04. The Kier molecular flexibility index (Phi) is 4.36. The van der Waals surface area contributed by atoms with Crippen LogP contribution in [0.25, 0.3) is 39.4 Å². The van der Waals surface area contributed by atoms with Gasteiger partial charge in [0.2, 0.25) is 5.78 Å². The summed E-state index contributed by atoms with van der Waals surface area (Å²) in [4.78, 5) is 12.3. The van der Waals surface area contributed by atoms with Crippen molar-refractivity contribution in [2.24, 2.45) is 7.05 Å². The Labute approximate surface area is 170 Å². The minimum Gasteiger partial charge on any atom is -0.326 e. The maximum absolute atomic E-state index is 5.03. The first-order valence-corrected chi connectivity index (χ1v) is 10.3. The van der Waals surface area contributed by atoms with E-state index in [0.29, 0.717) is 0 Å². The number of aromatic nitrogens is 5. The maximum atomic E-state index is 5.03. The lowest BCUT2D eigenvalue weighted by molar-refractivity contribution is 0.293. The zero-order valence-electron chi connectivity index (χ0n) is 17.2. The fourth-order valence-electron chi connectivity index (χ4n) is 4.23. The summed E-state index contributed by atoms with van der Waals surface area (Å²) in [6.07, 6.45) is 2.12. The van der Waals surface area contributed by atoms with Crippen LogP contribution in [-0.4, -0.2) is 48.0 Å². The molecule has 0 amide bonds. The van der Waals surface area contributed by atoms with Gasteiger partial charge in [0.1, 0.15) is 5.69 Å². The molecule has 0 aliphatic rings. The van der Waals surface area contributed by atoms with Gasteiger partial charge in [-0.3, -0.25) is 4.40 Å². The first-order valence-electron chi connectivity index (χ1n) is 10.3. The molecule has 2 aromatic carbocycles. The third-order valence-electron chi connectivity index (χ3n) is 5.91. The molecule has 0 aliphatic heterocycles. The highest BCUT2D eigenvalue weighted by molar-refractivity contribution is 5.83. The number of nitrogens with zero attached hydrogens (tertiary/aromatic N) is 6. The van der Waals surface area contributed by atoms with Crippen LogP contribution < -0.4 is 0 Å². The van der Waals surface area contributed by atoms with Crippen molar-refractivity contribution < 1.29 is 0 Å². The molecule has 0 saturated heterocycles. The van der Waals surface area contributed by atoms with Crippen LogP contribution in [0, 0.1) is 0 Å².